The van der Waals surface area contributed by atoms with E-state index in [1.807, 2.05) is 6.92 Å². The van der Waals surface area contributed by atoms with Crippen molar-refractivity contribution in [2.45, 2.75) is 38.8 Å². The third-order valence-corrected chi connectivity index (χ3v) is 3.99. The molecule has 0 bridgehead atoms. The molecule has 1 amide bonds. The molecule has 1 saturated heterocycles. The van der Waals surface area contributed by atoms with Crippen LogP contribution in [0.3, 0.4) is 0 Å². The minimum Gasteiger partial charge on any atom is -0.382 e. The number of aryl methyl sites for hydroxylation is 1. The molecule has 1 unspecified atom stereocenters. The fourth-order valence-electron chi connectivity index (χ4n) is 2.57. The van der Waals surface area contributed by atoms with Gasteiger partial charge in [-0.1, -0.05) is 18.2 Å². The molecule has 1 atom stereocenters. The third-order valence-electron chi connectivity index (χ3n) is 3.99. The summed E-state index contributed by atoms with van der Waals surface area (Å²) in [5, 5.41) is 3.59. The van der Waals surface area contributed by atoms with Crippen molar-refractivity contribution in [3.63, 3.8) is 0 Å². The number of carbonyl (C=O) groups is 1. The fraction of sp³-hybridized carbons (Fsp3) is 0.533. The number of anilines is 1. The highest BCUT2D eigenvalue weighted by atomic mass is 16.1. The third kappa shape index (κ3) is 3.47. The van der Waals surface area contributed by atoms with Gasteiger partial charge in [-0.15, -0.1) is 0 Å². The normalized spacial score (nSPS) is 19.1. The van der Waals surface area contributed by atoms with Crippen LogP contribution in [0, 0.1) is 6.92 Å². The van der Waals surface area contributed by atoms with Crippen molar-refractivity contribution in [1.29, 1.82) is 0 Å². The highest BCUT2D eigenvalue weighted by molar-refractivity contribution is 5.79. The number of para-hydroxylation sites is 1. The Labute approximate surface area is 115 Å². The molecule has 1 aromatic rings. The lowest BCUT2D eigenvalue weighted by atomic mass is 10.0. The summed E-state index contributed by atoms with van der Waals surface area (Å²) in [6.45, 7) is 5.85. The van der Waals surface area contributed by atoms with Crippen molar-refractivity contribution >= 4 is 11.6 Å². The molecule has 1 aliphatic rings. The van der Waals surface area contributed by atoms with Gasteiger partial charge in [-0.3, -0.25) is 9.69 Å². The number of primary amides is 1. The van der Waals surface area contributed by atoms with Crippen molar-refractivity contribution in [1.82, 2.24) is 4.90 Å². The lowest BCUT2D eigenvalue weighted by Crippen LogP contribution is -2.48. The number of likely N-dealkylation sites (tertiary alicyclic amines) is 1. The summed E-state index contributed by atoms with van der Waals surface area (Å²) >= 11 is 0. The molecular weight excluding hydrogens is 238 g/mol. The van der Waals surface area contributed by atoms with Gasteiger partial charge in [0.2, 0.25) is 5.91 Å². The highest BCUT2D eigenvalue weighted by Gasteiger charge is 2.25. The maximum atomic E-state index is 11.2. The predicted molar refractivity (Wildman–Crippen MR) is 78.1 cm³/mol. The molecule has 104 valence electrons. The zero-order valence-corrected chi connectivity index (χ0v) is 11.7. The first kappa shape index (κ1) is 13.9. The number of hydrogen-bond acceptors (Lipinski definition) is 3. The Bertz CT molecular complexity index is 439. The molecule has 0 aliphatic carbocycles. The number of benzene rings is 1. The van der Waals surface area contributed by atoms with Crippen molar-refractivity contribution in [2.75, 3.05) is 18.4 Å². The van der Waals surface area contributed by atoms with Gasteiger partial charge < -0.3 is 11.1 Å². The molecule has 0 saturated carbocycles. The van der Waals surface area contributed by atoms with Gasteiger partial charge in [0.1, 0.15) is 0 Å². The summed E-state index contributed by atoms with van der Waals surface area (Å²) in [7, 11) is 0. The van der Waals surface area contributed by atoms with Gasteiger partial charge >= 0.3 is 0 Å². The first-order valence-corrected chi connectivity index (χ1v) is 6.93. The van der Waals surface area contributed by atoms with Crippen molar-refractivity contribution in [2.24, 2.45) is 5.73 Å². The van der Waals surface area contributed by atoms with Crippen molar-refractivity contribution in [3.8, 4) is 0 Å². The Kier molecular flexibility index (Phi) is 4.43. The SMILES string of the molecule is Cc1ccccc1NC1CCN(C(C)C(N)=O)CC1. The molecule has 19 heavy (non-hydrogen) atoms. The molecule has 4 heteroatoms. The Balaban J connectivity index is 1.87. The molecule has 2 rings (SSSR count). The largest absolute Gasteiger partial charge is 0.382 e. The summed E-state index contributed by atoms with van der Waals surface area (Å²) in [5.74, 6) is -0.231. The molecule has 1 heterocycles. The Morgan fingerprint density at radius 3 is 2.58 bits per heavy atom. The monoisotopic (exact) mass is 261 g/mol. The number of amides is 1. The minimum atomic E-state index is -0.231. The van der Waals surface area contributed by atoms with E-state index in [4.69, 9.17) is 5.73 Å². The van der Waals surface area contributed by atoms with E-state index >= 15 is 0 Å². The molecule has 0 radical (unpaired) electrons. The summed E-state index contributed by atoms with van der Waals surface area (Å²) in [6.07, 6.45) is 2.10. The van der Waals surface area contributed by atoms with Gasteiger partial charge in [0.25, 0.3) is 0 Å². The number of nitrogens with zero attached hydrogens (tertiary/aromatic N) is 1. The molecule has 1 fully saturated rings. The number of piperidine rings is 1. The molecule has 0 spiro atoms. The first-order chi connectivity index (χ1) is 9.08. The van der Waals surface area contributed by atoms with Crippen molar-refractivity contribution < 1.29 is 4.79 Å². The highest BCUT2D eigenvalue weighted by Crippen LogP contribution is 2.20. The standard InChI is InChI=1S/C15H23N3O/c1-11-5-3-4-6-14(11)17-13-7-9-18(10-8-13)12(2)15(16)19/h3-6,12-13,17H,7-10H2,1-2H3,(H2,16,19). The summed E-state index contributed by atoms with van der Waals surface area (Å²) in [4.78, 5) is 13.3. The lowest BCUT2D eigenvalue weighted by molar-refractivity contribution is -0.123. The van der Waals surface area contributed by atoms with Crippen LogP contribution >= 0.6 is 0 Å². The van der Waals surface area contributed by atoms with E-state index in [0.29, 0.717) is 6.04 Å². The number of carbonyl (C=O) groups excluding carboxylic acids is 1. The molecule has 3 N–H and O–H groups in total. The van der Waals surface area contributed by atoms with Crippen LogP contribution in [-0.2, 0) is 4.79 Å². The predicted octanol–water partition coefficient (Wildman–Crippen LogP) is 1.75. The smallest absolute Gasteiger partial charge is 0.234 e. The fourth-order valence-corrected chi connectivity index (χ4v) is 2.57. The van der Waals surface area contributed by atoms with Crippen LogP contribution in [0.2, 0.25) is 0 Å². The average molecular weight is 261 g/mol. The second-order valence-corrected chi connectivity index (χ2v) is 5.35. The summed E-state index contributed by atoms with van der Waals surface area (Å²) in [5.41, 5.74) is 7.83. The number of nitrogens with two attached hydrogens (primary N) is 1. The average Bonchev–Trinajstić information content (AvgIpc) is 2.41. The Hall–Kier alpha value is -1.55. The molecule has 1 aliphatic heterocycles. The minimum absolute atomic E-state index is 0.153. The van der Waals surface area contributed by atoms with E-state index in [1.54, 1.807) is 0 Å². The second-order valence-electron chi connectivity index (χ2n) is 5.35. The van der Waals surface area contributed by atoms with Crippen LogP contribution in [0.1, 0.15) is 25.3 Å². The van der Waals surface area contributed by atoms with Crippen LogP contribution in [0.15, 0.2) is 24.3 Å². The maximum Gasteiger partial charge on any atom is 0.234 e. The van der Waals surface area contributed by atoms with E-state index < -0.39 is 0 Å². The molecule has 1 aromatic carbocycles. The van der Waals surface area contributed by atoms with Gasteiger partial charge in [0, 0.05) is 24.8 Å². The van der Waals surface area contributed by atoms with Crippen LogP contribution in [0.5, 0.6) is 0 Å². The van der Waals surface area contributed by atoms with Gasteiger partial charge in [0.15, 0.2) is 0 Å². The van der Waals surface area contributed by atoms with Gasteiger partial charge in [0.05, 0.1) is 6.04 Å². The van der Waals surface area contributed by atoms with Crippen LogP contribution in [0.4, 0.5) is 5.69 Å². The molecule has 4 nitrogen and oxygen atoms in total. The van der Waals surface area contributed by atoms with Crippen molar-refractivity contribution in [3.05, 3.63) is 29.8 Å². The van der Waals surface area contributed by atoms with E-state index in [2.05, 4.69) is 41.4 Å². The Morgan fingerprint density at radius 1 is 1.37 bits per heavy atom. The van der Waals surface area contributed by atoms with E-state index in [1.165, 1.54) is 11.3 Å². The lowest BCUT2D eigenvalue weighted by Gasteiger charge is -2.35. The summed E-state index contributed by atoms with van der Waals surface area (Å²) < 4.78 is 0. The topological polar surface area (TPSA) is 58.4 Å². The maximum absolute atomic E-state index is 11.2. The van der Waals surface area contributed by atoms with Gasteiger partial charge in [-0.05, 0) is 38.3 Å². The number of rotatable bonds is 4. The van der Waals surface area contributed by atoms with Crippen LogP contribution < -0.4 is 11.1 Å². The van der Waals surface area contributed by atoms with E-state index in [9.17, 15) is 4.79 Å². The van der Waals surface area contributed by atoms with Gasteiger partial charge in [-0.2, -0.15) is 0 Å². The first-order valence-electron chi connectivity index (χ1n) is 6.93. The van der Waals surface area contributed by atoms with Crippen LogP contribution in [0.25, 0.3) is 0 Å². The van der Waals surface area contributed by atoms with E-state index in [-0.39, 0.29) is 11.9 Å². The summed E-state index contributed by atoms with van der Waals surface area (Å²) in [6, 6.07) is 8.68. The zero-order valence-electron chi connectivity index (χ0n) is 11.7. The second kappa shape index (κ2) is 6.06. The Morgan fingerprint density at radius 2 is 2.00 bits per heavy atom. The number of nitrogens with one attached hydrogen (secondary N) is 1. The number of hydrogen-bond donors (Lipinski definition) is 2. The zero-order chi connectivity index (χ0) is 13.8. The molecule has 0 aromatic heterocycles. The van der Waals surface area contributed by atoms with E-state index in [0.717, 1.165) is 25.9 Å². The quantitative estimate of drug-likeness (QED) is 0.868. The van der Waals surface area contributed by atoms with Crippen LogP contribution in [-0.4, -0.2) is 36.0 Å². The van der Waals surface area contributed by atoms with Gasteiger partial charge in [-0.25, -0.2) is 0 Å². The molecular formula is C15H23N3O.